The number of aliphatic hydroxyl groups excluding tert-OH is 3. The van der Waals surface area contributed by atoms with Crippen molar-refractivity contribution < 1.29 is 34.3 Å². The summed E-state index contributed by atoms with van der Waals surface area (Å²) in [5.74, 6) is 0. The van der Waals surface area contributed by atoms with E-state index in [2.05, 4.69) is 0 Å². The lowest BCUT2D eigenvalue weighted by molar-refractivity contribution is 0.00194. The van der Waals surface area contributed by atoms with Gasteiger partial charge in [0.2, 0.25) is 0 Å². The fourth-order valence-corrected chi connectivity index (χ4v) is 2.33. The molecule has 152 valence electrons. The van der Waals surface area contributed by atoms with E-state index in [0.29, 0.717) is 52.5 Å². The van der Waals surface area contributed by atoms with Gasteiger partial charge in [0.05, 0.1) is 38.1 Å². The topological polar surface area (TPSA) is 97.6 Å². The molecule has 0 heterocycles. The van der Waals surface area contributed by atoms with E-state index < -0.39 is 18.3 Å². The highest BCUT2D eigenvalue weighted by molar-refractivity contribution is 4.57. The molecule has 0 aromatic heterocycles. The third-order valence-electron chi connectivity index (χ3n) is 3.80. The molecule has 0 aromatic rings. The summed E-state index contributed by atoms with van der Waals surface area (Å²) < 4.78 is 20.5. The van der Waals surface area contributed by atoms with E-state index >= 15 is 0 Å². The van der Waals surface area contributed by atoms with Crippen LogP contribution < -0.4 is 0 Å². The molecule has 3 unspecified atom stereocenters. The zero-order chi connectivity index (χ0) is 18.8. The zero-order valence-corrected chi connectivity index (χ0v) is 15.9. The number of methoxy groups -OCH3 is 2. The first-order valence-electron chi connectivity index (χ1n) is 9.27. The molecule has 3 atom stereocenters. The van der Waals surface area contributed by atoms with Crippen molar-refractivity contribution in [2.75, 3.05) is 53.9 Å². The Balaban J connectivity index is 3.25. The maximum atomic E-state index is 9.82. The molecule has 3 N–H and O–H groups in total. The SMILES string of the molecule is COCC(O)CCOCCCCCCC(O)COCCC(O)COC. The Hall–Kier alpha value is -0.280. The van der Waals surface area contributed by atoms with E-state index in [1.807, 2.05) is 0 Å². The van der Waals surface area contributed by atoms with E-state index in [1.54, 1.807) is 14.2 Å². The van der Waals surface area contributed by atoms with Gasteiger partial charge in [-0.25, -0.2) is 0 Å². The van der Waals surface area contributed by atoms with Gasteiger partial charge in [-0.2, -0.15) is 0 Å². The maximum Gasteiger partial charge on any atom is 0.0795 e. The lowest BCUT2D eigenvalue weighted by Gasteiger charge is -2.13. The summed E-state index contributed by atoms with van der Waals surface area (Å²) in [6, 6.07) is 0. The van der Waals surface area contributed by atoms with Crippen LogP contribution in [0, 0.1) is 0 Å². The number of hydrogen-bond acceptors (Lipinski definition) is 7. The molecule has 7 nitrogen and oxygen atoms in total. The summed E-state index contributed by atoms with van der Waals surface area (Å²) in [6.07, 6.45) is 4.52. The summed E-state index contributed by atoms with van der Waals surface area (Å²) in [6.45, 7) is 2.66. The van der Waals surface area contributed by atoms with Gasteiger partial charge in [-0.1, -0.05) is 19.3 Å². The van der Waals surface area contributed by atoms with Crippen LogP contribution in [0.5, 0.6) is 0 Å². The first kappa shape index (κ1) is 24.7. The number of hydrogen-bond donors (Lipinski definition) is 3. The Labute approximate surface area is 152 Å². The molecule has 0 rings (SSSR count). The molecular formula is C18H38O7. The van der Waals surface area contributed by atoms with E-state index in [0.717, 1.165) is 32.1 Å². The highest BCUT2D eigenvalue weighted by Crippen LogP contribution is 2.07. The molecule has 0 amide bonds. The van der Waals surface area contributed by atoms with Crippen molar-refractivity contribution in [3.05, 3.63) is 0 Å². The first-order chi connectivity index (χ1) is 12.1. The van der Waals surface area contributed by atoms with Gasteiger partial charge < -0.3 is 34.3 Å². The van der Waals surface area contributed by atoms with Gasteiger partial charge in [-0.15, -0.1) is 0 Å². The van der Waals surface area contributed by atoms with Crippen LogP contribution in [-0.4, -0.2) is 87.5 Å². The predicted molar refractivity (Wildman–Crippen MR) is 95.7 cm³/mol. The predicted octanol–water partition coefficient (Wildman–Crippen LogP) is 1.13. The zero-order valence-electron chi connectivity index (χ0n) is 15.9. The average Bonchev–Trinajstić information content (AvgIpc) is 2.57. The van der Waals surface area contributed by atoms with Crippen molar-refractivity contribution in [1.82, 2.24) is 0 Å². The minimum atomic E-state index is -0.507. The molecule has 0 radical (unpaired) electrons. The van der Waals surface area contributed by atoms with Crippen LogP contribution in [0.2, 0.25) is 0 Å². The quantitative estimate of drug-likeness (QED) is 0.295. The number of unbranched alkanes of at least 4 members (excludes halogenated alkanes) is 3. The van der Waals surface area contributed by atoms with Crippen LogP contribution in [0.3, 0.4) is 0 Å². The number of rotatable bonds is 19. The Morgan fingerprint density at radius 2 is 1.08 bits per heavy atom. The molecular weight excluding hydrogens is 328 g/mol. The van der Waals surface area contributed by atoms with Crippen molar-refractivity contribution in [2.24, 2.45) is 0 Å². The van der Waals surface area contributed by atoms with E-state index in [1.165, 1.54) is 0 Å². The third kappa shape index (κ3) is 18.3. The summed E-state index contributed by atoms with van der Waals surface area (Å²) in [5, 5.41) is 28.7. The van der Waals surface area contributed by atoms with Crippen LogP contribution in [-0.2, 0) is 18.9 Å². The summed E-state index contributed by atoms with van der Waals surface area (Å²) in [7, 11) is 3.12. The molecule has 25 heavy (non-hydrogen) atoms. The number of ether oxygens (including phenoxy) is 4. The van der Waals surface area contributed by atoms with E-state index in [9.17, 15) is 15.3 Å². The molecule has 0 spiro atoms. The van der Waals surface area contributed by atoms with Crippen molar-refractivity contribution in [3.63, 3.8) is 0 Å². The molecule has 0 aromatic carbocycles. The second-order valence-electron chi connectivity index (χ2n) is 6.34. The second-order valence-corrected chi connectivity index (χ2v) is 6.34. The molecule has 7 heteroatoms. The Morgan fingerprint density at radius 1 is 0.560 bits per heavy atom. The Bertz CT molecular complexity index is 266. The fraction of sp³-hybridized carbons (Fsp3) is 1.00. The van der Waals surface area contributed by atoms with Gasteiger partial charge in [-0.05, 0) is 25.7 Å². The molecule has 0 saturated carbocycles. The molecule has 0 saturated heterocycles. The summed E-state index contributed by atoms with van der Waals surface area (Å²) in [5.41, 5.74) is 0. The molecule has 0 bridgehead atoms. The summed E-state index contributed by atoms with van der Waals surface area (Å²) in [4.78, 5) is 0. The summed E-state index contributed by atoms with van der Waals surface area (Å²) >= 11 is 0. The van der Waals surface area contributed by atoms with Gasteiger partial charge in [0.25, 0.3) is 0 Å². The second kappa shape index (κ2) is 18.5. The third-order valence-corrected chi connectivity index (χ3v) is 3.80. The highest BCUT2D eigenvalue weighted by atomic mass is 16.5. The van der Waals surface area contributed by atoms with Crippen LogP contribution in [0.15, 0.2) is 0 Å². The van der Waals surface area contributed by atoms with Crippen LogP contribution in [0.25, 0.3) is 0 Å². The Morgan fingerprint density at radius 3 is 1.68 bits per heavy atom. The van der Waals surface area contributed by atoms with Crippen LogP contribution in [0.4, 0.5) is 0 Å². The van der Waals surface area contributed by atoms with Crippen molar-refractivity contribution in [3.8, 4) is 0 Å². The van der Waals surface area contributed by atoms with Gasteiger partial charge >= 0.3 is 0 Å². The van der Waals surface area contributed by atoms with Crippen molar-refractivity contribution in [2.45, 2.75) is 63.3 Å². The molecule has 0 fully saturated rings. The van der Waals surface area contributed by atoms with Crippen LogP contribution >= 0.6 is 0 Å². The minimum absolute atomic E-state index is 0.309. The highest BCUT2D eigenvalue weighted by Gasteiger charge is 2.07. The maximum absolute atomic E-state index is 9.82. The largest absolute Gasteiger partial charge is 0.391 e. The van der Waals surface area contributed by atoms with Gasteiger partial charge in [-0.3, -0.25) is 0 Å². The van der Waals surface area contributed by atoms with E-state index in [4.69, 9.17) is 18.9 Å². The molecule has 0 aliphatic rings. The smallest absolute Gasteiger partial charge is 0.0795 e. The van der Waals surface area contributed by atoms with Gasteiger partial charge in [0.1, 0.15) is 0 Å². The van der Waals surface area contributed by atoms with Crippen LogP contribution in [0.1, 0.15) is 44.9 Å². The molecule has 0 aliphatic carbocycles. The van der Waals surface area contributed by atoms with Gasteiger partial charge in [0.15, 0.2) is 0 Å². The molecule has 0 aliphatic heterocycles. The van der Waals surface area contributed by atoms with Crippen molar-refractivity contribution >= 4 is 0 Å². The lowest BCUT2D eigenvalue weighted by atomic mass is 10.1. The van der Waals surface area contributed by atoms with Crippen molar-refractivity contribution in [1.29, 1.82) is 0 Å². The van der Waals surface area contributed by atoms with E-state index in [-0.39, 0.29) is 0 Å². The standard InChI is InChI=1S/C18H38O7/c1-22-13-17(20)8-11-24-10-6-4-3-5-7-16(19)15-25-12-9-18(21)14-23-2/h16-21H,3-15H2,1-2H3. The Kier molecular flexibility index (Phi) is 18.3. The minimum Gasteiger partial charge on any atom is -0.391 e. The lowest BCUT2D eigenvalue weighted by Crippen LogP contribution is -2.20. The first-order valence-corrected chi connectivity index (χ1v) is 9.27. The number of aliphatic hydroxyl groups is 3. The average molecular weight is 366 g/mol. The fourth-order valence-electron chi connectivity index (χ4n) is 2.33. The van der Waals surface area contributed by atoms with Gasteiger partial charge in [0, 0.05) is 34.0 Å². The normalized spacial score (nSPS) is 15.2. The monoisotopic (exact) mass is 366 g/mol.